The van der Waals surface area contributed by atoms with E-state index in [1.54, 1.807) is 12.3 Å². The Hall–Kier alpha value is -2.40. The van der Waals surface area contributed by atoms with Crippen molar-refractivity contribution in [1.82, 2.24) is 9.78 Å². The average molecular weight is 283 g/mol. The van der Waals surface area contributed by atoms with Crippen molar-refractivity contribution in [3.05, 3.63) is 54.4 Å². The van der Waals surface area contributed by atoms with Crippen LogP contribution in [0.5, 0.6) is 0 Å². The van der Waals surface area contributed by atoms with Gasteiger partial charge in [0.15, 0.2) is 0 Å². The molecule has 2 aromatic rings. The Morgan fingerprint density at radius 2 is 2.24 bits per heavy atom. The molecule has 0 aliphatic carbocycles. The molecule has 5 nitrogen and oxygen atoms in total. The number of anilines is 1. The van der Waals surface area contributed by atoms with Gasteiger partial charge in [-0.1, -0.05) is 30.3 Å². The van der Waals surface area contributed by atoms with E-state index in [9.17, 15) is 4.79 Å². The molecule has 3 rings (SSSR count). The summed E-state index contributed by atoms with van der Waals surface area (Å²) in [4.78, 5) is 11.9. The molecule has 1 aromatic heterocycles. The molecule has 1 N–H and O–H groups in total. The lowest BCUT2D eigenvalue weighted by atomic mass is 10.2. The number of nitrogens with one attached hydrogen (secondary N) is 1. The summed E-state index contributed by atoms with van der Waals surface area (Å²) >= 11 is 0. The van der Waals surface area contributed by atoms with E-state index in [4.69, 9.17) is 4.74 Å². The molecule has 108 valence electrons. The number of benzene rings is 1. The highest BCUT2D eigenvalue weighted by molar-refractivity contribution is 6.01. The highest BCUT2D eigenvalue weighted by Gasteiger charge is 2.18. The van der Waals surface area contributed by atoms with Crippen LogP contribution in [0.3, 0.4) is 0 Å². The Kier molecular flexibility index (Phi) is 4.12. The molecule has 1 atom stereocenters. The lowest BCUT2D eigenvalue weighted by Gasteiger charge is -2.06. The lowest BCUT2D eigenvalue weighted by molar-refractivity contribution is -0.111. The van der Waals surface area contributed by atoms with Crippen LogP contribution >= 0.6 is 0 Å². The van der Waals surface area contributed by atoms with Gasteiger partial charge in [0, 0.05) is 18.9 Å². The molecule has 1 aromatic carbocycles. The van der Waals surface area contributed by atoms with Crippen molar-refractivity contribution in [2.45, 2.75) is 12.5 Å². The molecule has 0 bridgehead atoms. The van der Waals surface area contributed by atoms with E-state index in [1.165, 1.54) is 6.08 Å². The molecule has 5 heteroatoms. The zero-order chi connectivity index (χ0) is 14.5. The number of hydrogen-bond donors (Lipinski definition) is 1. The van der Waals surface area contributed by atoms with Crippen LogP contribution in [0.2, 0.25) is 0 Å². The number of carbonyl (C=O) groups is 1. The predicted molar refractivity (Wildman–Crippen MR) is 80.8 cm³/mol. The van der Waals surface area contributed by atoms with Gasteiger partial charge in [-0.25, -0.2) is 0 Å². The van der Waals surface area contributed by atoms with Gasteiger partial charge >= 0.3 is 0 Å². The summed E-state index contributed by atoms with van der Waals surface area (Å²) in [6, 6.07) is 9.98. The van der Waals surface area contributed by atoms with Crippen molar-refractivity contribution in [2.24, 2.45) is 0 Å². The third-order valence-corrected chi connectivity index (χ3v) is 3.38. The van der Waals surface area contributed by atoms with Gasteiger partial charge in [0.1, 0.15) is 0 Å². The SMILES string of the molecule is O=C(/C=C/c1ccccc1)Nc1cnn([C@H]2CCOC2)c1. The van der Waals surface area contributed by atoms with Gasteiger partial charge in [-0.05, 0) is 18.1 Å². The van der Waals surface area contributed by atoms with E-state index in [0.29, 0.717) is 12.3 Å². The van der Waals surface area contributed by atoms with Gasteiger partial charge in [0.2, 0.25) is 5.91 Å². The van der Waals surface area contributed by atoms with Crippen LogP contribution in [0.15, 0.2) is 48.8 Å². The highest BCUT2D eigenvalue weighted by atomic mass is 16.5. The summed E-state index contributed by atoms with van der Waals surface area (Å²) in [5.41, 5.74) is 1.69. The average Bonchev–Trinajstić information content (AvgIpc) is 3.17. The minimum absolute atomic E-state index is 0.166. The molecule has 0 spiro atoms. The largest absolute Gasteiger partial charge is 0.379 e. The second-order valence-electron chi connectivity index (χ2n) is 4.96. The van der Waals surface area contributed by atoms with E-state index >= 15 is 0 Å². The molecule has 1 aliphatic rings. The van der Waals surface area contributed by atoms with Crippen LogP contribution in [0.25, 0.3) is 6.08 Å². The molecule has 0 radical (unpaired) electrons. The number of amides is 1. The van der Waals surface area contributed by atoms with E-state index in [2.05, 4.69) is 10.4 Å². The molecule has 2 heterocycles. The van der Waals surface area contributed by atoms with Gasteiger partial charge in [-0.2, -0.15) is 5.10 Å². The standard InChI is InChI=1S/C16H17N3O2/c20-16(7-6-13-4-2-1-3-5-13)18-14-10-17-19(11-14)15-8-9-21-12-15/h1-7,10-11,15H,8-9,12H2,(H,18,20)/b7-6+/t15-/m0/s1. The molecule has 1 fully saturated rings. The molecule has 1 aliphatic heterocycles. The Labute approximate surface area is 123 Å². The molecule has 1 saturated heterocycles. The van der Waals surface area contributed by atoms with Gasteiger partial charge in [-0.15, -0.1) is 0 Å². The van der Waals surface area contributed by atoms with Crippen molar-refractivity contribution >= 4 is 17.7 Å². The van der Waals surface area contributed by atoms with Gasteiger partial charge < -0.3 is 10.1 Å². The van der Waals surface area contributed by atoms with E-state index in [1.807, 2.05) is 41.2 Å². The van der Waals surface area contributed by atoms with Crippen LogP contribution in [-0.4, -0.2) is 28.9 Å². The van der Waals surface area contributed by atoms with Crippen LogP contribution in [0.4, 0.5) is 5.69 Å². The monoisotopic (exact) mass is 283 g/mol. The van der Waals surface area contributed by atoms with Crippen LogP contribution in [0, 0.1) is 0 Å². The zero-order valence-electron chi connectivity index (χ0n) is 11.6. The van der Waals surface area contributed by atoms with Crippen molar-refractivity contribution < 1.29 is 9.53 Å². The summed E-state index contributed by atoms with van der Waals surface area (Å²) < 4.78 is 7.18. The number of rotatable bonds is 4. The number of hydrogen-bond acceptors (Lipinski definition) is 3. The van der Waals surface area contributed by atoms with Crippen LogP contribution in [0.1, 0.15) is 18.0 Å². The fraction of sp³-hybridized carbons (Fsp3) is 0.250. The molecule has 21 heavy (non-hydrogen) atoms. The van der Waals surface area contributed by atoms with Crippen molar-refractivity contribution in [1.29, 1.82) is 0 Å². The topological polar surface area (TPSA) is 56.2 Å². The Balaban J connectivity index is 1.58. The maximum atomic E-state index is 11.9. The predicted octanol–water partition coefficient (Wildman–Crippen LogP) is 2.50. The number of aromatic nitrogens is 2. The second kappa shape index (κ2) is 6.37. The maximum Gasteiger partial charge on any atom is 0.248 e. The van der Waals surface area contributed by atoms with Gasteiger partial charge in [-0.3, -0.25) is 9.48 Å². The maximum absolute atomic E-state index is 11.9. The summed E-state index contributed by atoms with van der Waals surface area (Å²) in [6.45, 7) is 1.45. The first-order valence-corrected chi connectivity index (χ1v) is 6.97. The molecule has 1 amide bonds. The number of ether oxygens (including phenoxy) is 1. The summed E-state index contributed by atoms with van der Waals surface area (Å²) in [6.07, 6.45) is 7.76. The van der Waals surface area contributed by atoms with Gasteiger partial charge in [0.05, 0.1) is 24.5 Å². The normalized spacial score (nSPS) is 18.2. The second-order valence-corrected chi connectivity index (χ2v) is 4.96. The first-order valence-electron chi connectivity index (χ1n) is 6.97. The van der Waals surface area contributed by atoms with Crippen LogP contribution in [-0.2, 0) is 9.53 Å². The Morgan fingerprint density at radius 3 is 3.00 bits per heavy atom. The van der Waals surface area contributed by atoms with Crippen LogP contribution < -0.4 is 5.32 Å². The number of nitrogens with zero attached hydrogens (tertiary/aromatic N) is 2. The summed E-state index contributed by atoms with van der Waals surface area (Å²) in [5, 5.41) is 7.07. The van der Waals surface area contributed by atoms with E-state index in [-0.39, 0.29) is 11.9 Å². The minimum atomic E-state index is -0.166. The first-order chi connectivity index (χ1) is 10.3. The van der Waals surface area contributed by atoms with Crippen molar-refractivity contribution in [2.75, 3.05) is 18.5 Å². The summed E-state index contributed by atoms with van der Waals surface area (Å²) in [5.74, 6) is -0.166. The zero-order valence-corrected chi connectivity index (χ0v) is 11.6. The highest BCUT2D eigenvalue weighted by Crippen LogP contribution is 2.19. The lowest BCUT2D eigenvalue weighted by Crippen LogP contribution is -2.09. The third-order valence-electron chi connectivity index (χ3n) is 3.38. The number of carbonyl (C=O) groups excluding carboxylic acids is 1. The van der Waals surface area contributed by atoms with Gasteiger partial charge in [0.25, 0.3) is 0 Å². The Bertz CT molecular complexity index is 628. The molecular weight excluding hydrogens is 266 g/mol. The smallest absolute Gasteiger partial charge is 0.248 e. The first kappa shape index (κ1) is 13.6. The molecule has 0 unspecified atom stereocenters. The Morgan fingerprint density at radius 1 is 1.38 bits per heavy atom. The fourth-order valence-corrected chi connectivity index (χ4v) is 2.25. The minimum Gasteiger partial charge on any atom is -0.379 e. The van der Waals surface area contributed by atoms with Crippen molar-refractivity contribution in [3.8, 4) is 0 Å². The van der Waals surface area contributed by atoms with Crippen molar-refractivity contribution in [3.63, 3.8) is 0 Å². The fourth-order valence-electron chi connectivity index (χ4n) is 2.25. The molecular formula is C16H17N3O2. The third kappa shape index (κ3) is 3.58. The molecule has 0 saturated carbocycles. The quantitative estimate of drug-likeness (QED) is 0.877. The van der Waals surface area contributed by atoms with E-state index in [0.717, 1.165) is 18.6 Å². The summed E-state index contributed by atoms with van der Waals surface area (Å²) in [7, 11) is 0. The van der Waals surface area contributed by atoms with E-state index < -0.39 is 0 Å².